The first-order valence-corrected chi connectivity index (χ1v) is 6.58. The minimum atomic E-state index is -0.323. The van der Waals surface area contributed by atoms with Crippen LogP contribution in [0.1, 0.15) is 28.9 Å². The van der Waals surface area contributed by atoms with Crippen LogP contribution < -0.4 is 5.32 Å². The van der Waals surface area contributed by atoms with Crippen LogP contribution in [0.15, 0.2) is 18.3 Å². The van der Waals surface area contributed by atoms with Crippen molar-refractivity contribution in [3.8, 4) is 11.8 Å². The van der Waals surface area contributed by atoms with Crippen molar-refractivity contribution >= 4 is 11.8 Å². The van der Waals surface area contributed by atoms with Crippen LogP contribution in [-0.4, -0.2) is 54.1 Å². The molecule has 0 aromatic carbocycles. The molecule has 2 N–H and O–H groups in total. The van der Waals surface area contributed by atoms with Crippen LogP contribution >= 0.6 is 0 Å². The smallest absolute Gasteiger partial charge is 0.269 e. The molecule has 0 bridgehead atoms. The predicted octanol–water partition coefficient (Wildman–Crippen LogP) is 0.0236. The van der Waals surface area contributed by atoms with Gasteiger partial charge in [-0.25, -0.2) is 4.98 Å². The summed E-state index contributed by atoms with van der Waals surface area (Å²) >= 11 is 0. The van der Waals surface area contributed by atoms with Gasteiger partial charge in [0.2, 0.25) is 5.91 Å². The molecular formula is C15H19N3O3. The molecule has 0 unspecified atom stereocenters. The quantitative estimate of drug-likeness (QED) is 0.749. The molecule has 0 saturated heterocycles. The van der Waals surface area contributed by atoms with Gasteiger partial charge in [-0.05, 0) is 12.1 Å². The minimum absolute atomic E-state index is 0.0204. The fraction of sp³-hybridized carbons (Fsp3) is 0.400. The third-order valence-electron chi connectivity index (χ3n) is 2.59. The van der Waals surface area contributed by atoms with E-state index >= 15 is 0 Å². The van der Waals surface area contributed by atoms with Crippen LogP contribution in [0.3, 0.4) is 0 Å². The van der Waals surface area contributed by atoms with Crippen LogP contribution in [0.5, 0.6) is 0 Å². The molecule has 0 fully saturated rings. The number of amides is 2. The van der Waals surface area contributed by atoms with E-state index in [1.807, 2.05) is 0 Å². The molecule has 1 aromatic heterocycles. The third-order valence-corrected chi connectivity index (χ3v) is 2.59. The Morgan fingerprint density at radius 3 is 2.71 bits per heavy atom. The summed E-state index contributed by atoms with van der Waals surface area (Å²) in [5.41, 5.74) is 0.961. The van der Waals surface area contributed by atoms with Crippen molar-refractivity contribution in [2.75, 3.05) is 27.2 Å². The third kappa shape index (κ3) is 6.06. The Labute approximate surface area is 124 Å². The molecule has 1 rings (SSSR count). The first-order valence-electron chi connectivity index (χ1n) is 6.58. The lowest BCUT2D eigenvalue weighted by Gasteiger charge is -2.10. The summed E-state index contributed by atoms with van der Waals surface area (Å²) in [6, 6.07) is 3.27. The number of aromatic nitrogens is 1. The van der Waals surface area contributed by atoms with Crippen molar-refractivity contribution in [2.24, 2.45) is 0 Å². The summed E-state index contributed by atoms with van der Waals surface area (Å²) < 4.78 is 0. The normalized spacial score (nSPS) is 9.48. The highest BCUT2D eigenvalue weighted by molar-refractivity contribution is 5.92. The van der Waals surface area contributed by atoms with E-state index in [0.29, 0.717) is 12.0 Å². The number of aliphatic hydroxyl groups excluding tert-OH is 1. The van der Waals surface area contributed by atoms with E-state index < -0.39 is 0 Å². The van der Waals surface area contributed by atoms with Gasteiger partial charge in [0.1, 0.15) is 5.69 Å². The summed E-state index contributed by atoms with van der Waals surface area (Å²) in [5.74, 6) is 5.24. The zero-order chi connectivity index (χ0) is 15.7. The second-order valence-electron chi connectivity index (χ2n) is 4.50. The lowest BCUT2D eigenvalue weighted by molar-refractivity contribution is -0.128. The van der Waals surface area contributed by atoms with E-state index in [9.17, 15) is 9.59 Å². The van der Waals surface area contributed by atoms with Crippen molar-refractivity contribution in [2.45, 2.75) is 12.8 Å². The average molecular weight is 289 g/mol. The van der Waals surface area contributed by atoms with Crippen LogP contribution in [0.2, 0.25) is 0 Å². The Kier molecular flexibility index (Phi) is 6.92. The first kappa shape index (κ1) is 16.7. The van der Waals surface area contributed by atoms with E-state index in [4.69, 9.17) is 5.11 Å². The van der Waals surface area contributed by atoms with Crippen molar-refractivity contribution in [3.05, 3.63) is 29.6 Å². The molecule has 112 valence electrons. The largest absolute Gasteiger partial charge is 0.395 e. The highest BCUT2D eigenvalue weighted by Crippen LogP contribution is 1.99. The van der Waals surface area contributed by atoms with Crippen molar-refractivity contribution in [1.29, 1.82) is 0 Å². The SMILES string of the molecule is CN(C)C(=O)CCNC(=O)c1ccc(C#CCCO)cn1. The molecule has 0 aliphatic heterocycles. The van der Waals surface area contributed by atoms with Crippen LogP contribution in [0.25, 0.3) is 0 Å². The molecular weight excluding hydrogens is 270 g/mol. The minimum Gasteiger partial charge on any atom is -0.395 e. The van der Waals surface area contributed by atoms with Gasteiger partial charge in [0.15, 0.2) is 0 Å². The topological polar surface area (TPSA) is 82.5 Å². The zero-order valence-electron chi connectivity index (χ0n) is 12.2. The Balaban J connectivity index is 2.48. The van der Waals surface area contributed by atoms with Crippen LogP contribution in [-0.2, 0) is 4.79 Å². The van der Waals surface area contributed by atoms with Crippen LogP contribution in [0.4, 0.5) is 0 Å². The second kappa shape index (κ2) is 8.72. The number of aliphatic hydroxyl groups is 1. The number of hydrogen-bond acceptors (Lipinski definition) is 4. The van der Waals surface area contributed by atoms with Gasteiger partial charge in [-0.2, -0.15) is 0 Å². The van der Waals surface area contributed by atoms with Gasteiger partial charge in [0.25, 0.3) is 5.91 Å². The number of rotatable bonds is 5. The lowest BCUT2D eigenvalue weighted by Crippen LogP contribution is -2.30. The van der Waals surface area contributed by atoms with Gasteiger partial charge in [-0.15, -0.1) is 0 Å². The van der Waals surface area contributed by atoms with Gasteiger partial charge in [0, 0.05) is 45.2 Å². The van der Waals surface area contributed by atoms with Gasteiger partial charge in [0.05, 0.1) is 6.61 Å². The second-order valence-corrected chi connectivity index (χ2v) is 4.50. The fourth-order valence-corrected chi connectivity index (χ4v) is 1.42. The lowest BCUT2D eigenvalue weighted by atomic mass is 10.2. The molecule has 1 aromatic rings. The Morgan fingerprint density at radius 2 is 2.14 bits per heavy atom. The maximum absolute atomic E-state index is 11.8. The number of nitrogens with one attached hydrogen (secondary N) is 1. The van der Waals surface area contributed by atoms with Gasteiger partial charge >= 0.3 is 0 Å². The number of pyridine rings is 1. The molecule has 0 saturated carbocycles. The summed E-state index contributed by atoms with van der Waals surface area (Å²) in [7, 11) is 3.34. The van der Waals surface area contributed by atoms with E-state index in [2.05, 4.69) is 22.1 Å². The molecule has 0 atom stereocenters. The van der Waals surface area contributed by atoms with E-state index in [1.165, 1.54) is 11.1 Å². The number of carbonyl (C=O) groups excluding carboxylic acids is 2. The standard InChI is InChI=1S/C15H19N3O3/c1-18(2)14(20)8-9-16-15(21)13-7-6-12(11-17-13)5-3-4-10-19/h6-7,11,19H,4,8-10H2,1-2H3,(H,16,21). The van der Waals surface area contributed by atoms with E-state index in [1.54, 1.807) is 26.2 Å². The molecule has 21 heavy (non-hydrogen) atoms. The van der Waals surface area contributed by atoms with Gasteiger partial charge in [-0.3, -0.25) is 9.59 Å². The molecule has 6 nitrogen and oxygen atoms in total. The molecule has 2 amide bonds. The monoisotopic (exact) mass is 289 g/mol. The van der Waals surface area contributed by atoms with Crippen molar-refractivity contribution in [1.82, 2.24) is 15.2 Å². The Hall–Kier alpha value is -2.39. The number of hydrogen-bond donors (Lipinski definition) is 2. The zero-order valence-corrected chi connectivity index (χ0v) is 12.2. The highest BCUT2D eigenvalue weighted by Gasteiger charge is 2.08. The summed E-state index contributed by atoms with van der Waals surface area (Å²) in [6.45, 7) is 0.294. The highest BCUT2D eigenvalue weighted by atomic mass is 16.2. The predicted molar refractivity (Wildman–Crippen MR) is 78.5 cm³/mol. The molecule has 0 spiro atoms. The molecule has 6 heteroatoms. The van der Waals surface area contributed by atoms with Gasteiger partial charge in [-0.1, -0.05) is 11.8 Å². The average Bonchev–Trinajstić information content (AvgIpc) is 2.47. The van der Waals surface area contributed by atoms with E-state index in [-0.39, 0.29) is 37.1 Å². The van der Waals surface area contributed by atoms with Crippen molar-refractivity contribution < 1.29 is 14.7 Å². The molecule has 0 aliphatic rings. The summed E-state index contributed by atoms with van der Waals surface area (Å²) in [6.07, 6.45) is 2.16. The van der Waals surface area contributed by atoms with Gasteiger partial charge < -0.3 is 15.3 Å². The fourth-order valence-electron chi connectivity index (χ4n) is 1.42. The van der Waals surface area contributed by atoms with E-state index in [0.717, 1.165) is 0 Å². The Morgan fingerprint density at radius 1 is 1.38 bits per heavy atom. The molecule has 0 aliphatic carbocycles. The number of carbonyl (C=O) groups is 2. The molecule has 0 radical (unpaired) electrons. The summed E-state index contributed by atoms with van der Waals surface area (Å²) in [4.78, 5) is 28.7. The van der Waals surface area contributed by atoms with Crippen molar-refractivity contribution in [3.63, 3.8) is 0 Å². The maximum Gasteiger partial charge on any atom is 0.269 e. The molecule has 1 heterocycles. The van der Waals surface area contributed by atoms with Crippen LogP contribution in [0, 0.1) is 11.8 Å². The Bertz CT molecular complexity index is 542. The first-order chi connectivity index (χ1) is 10.0. The summed E-state index contributed by atoms with van der Waals surface area (Å²) in [5, 5.41) is 11.3. The number of nitrogens with zero attached hydrogens (tertiary/aromatic N) is 2. The maximum atomic E-state index is 11.8.